The third-order valence-corrected chi connectivity index (χ3v) is 2.93. The van der Waals surface area contributed by atoms with Crippen LogP contribution in [0.3, 0.4) is 0 Å². The second-order valence-corrected chi connectivity index (χ2v) is 4.34. The fourth-order valence-corrected chi connectivity index (χ4v) is 1.96. The highest BCUT2D eigenvalue weighted by molar-refractivity contribution is 6.35. The Labute approximate surface area is 121 Å². The molecule has 0 radical (unpaired) electrons. The predicted molar refractivity (Wildman–Crippen MR) is 77.1 cm³/mol. The number of hydrogen-bond donors (Lipinski definition) is 2. The molecule has 0 aliphatic rings. The quantitative estimate of drug-likeness (QED) is 0.632. The summed E-state index contributed by atoms with van der Waals surface area (Å²) in [5.41, 5.74) is 1.90. The molecule has 0 aliphatic heterocycles. The van der Waals surface area contributed by atoms with Gasteiger partial charge in [0.2, 0.25) is 0 Å². The number of carbonyl (C=O) groups is 2. The summed E-state index contributed by atoms with van der Waals surface area (Å²) in [6.45, 7) is 0.147. The molecule has 6 heteroatoms. The highest BCUT2D eigenvalue weighted by atomic mass is 16.2. The number of benzene rings is 1. The lowest BCUT2D eigenvalue weighted by Gasteiger charge is -2.07. The van der Waals surface area contributed by atoms with E-state index in [4.69, 9.17) is 5.26 Å². The van der Waals surface area contributed by atoms with Gasteiger partial charge in [0.1, 0.15) is 6.54 Å². The zero-order chi connectivity index (χ0) is 15.1. The van der Waals surface area contributed by atoms with Gasteiger partial charge in [-0.15, -0.1) is 0 Å². The van der Waals surface area contributed by atoms with Crippen LogP contribution in [0.5, 0.6) is 0 Å². The number of fused-ring (bicyclic) bond motifs is 1. The molecule has 0 unspecified atom stereocenters. The second-order valence-electron chi connectivity index (χ2n) is 4.34. The first-order chi connectivity index (χ1) is 10.2. The van der Waals surface area contributed by atoms with Gasteiger partial charge in [0.25, 0.3) is 0 Å². The van der Waals surface area contributed by atoms with Crippen LogP contribution in [0.2, 0.25) is 0 Å². The smallest absolute Gasteiger partial charge is 0.310 e. The van der Waals surface area contributed by atoms with Gasteiger partial charge in [-0.1, -0.05) is 24.3 Å². The molecule has 0 bridgehead atoms. The molecule has 0 saturated carbocycles. The molecule has 0 atom stereocenters. The zero-order valence-corrected chi connectivity index (χ0v) is 11.3. The number of rotatable bonds is 4. The van der Waals surface area contributed by atoms with E-state index in [0.29, 0.717) is 13.0 Å². The minimum atomic E-state index is -0.799. The number of para-hydroxylation sites is 1. The number of amides is 2. The third kappa shape index (κ3) is 3.76. The largest absolute Gasteiger partial charge is 0.348 e. The van der Waals surface area contributed by atoms with Crippen LogP contribution in [0.1, 0.15) is 5.56 Å². The van der Waals surface area contributed by atoms with E-state index in [9.17, 15) is 9.59 Å². The van der Waals surface area contributed by atoms with Crippen molar-refractivity contribution in [1.29, 1.82) is 5.26 Å². The van der Waals surface area contributed by atoms with E-state index in [-0.39, 0.29) is 6.54 Å². The Morgan fingerprint density at radius 1 is 1.14 bits per heavy atom. The number of nitrogens with zero attached hydrogens (tertiary/aromatic N) is 2. The maximum atomic E-state index is 11.5. The molecule has 0 saturated heterocycles. The molecule has 2 rings (SSSR count). The summed E-state index contributed by atoms with van der Waals surface area (Å²) in [5.74, 6) is -1.54. The molecule has 21 heavy (non-hydrogen) atoms. The Kier molecular flexibility index (Phi) is 4.83. The average molecular weight is 282 g/mol. The molecule has 2 N–H and O–H groups in total. The molecule has 1 heterocycles. The summed E-state index contributed by atoms with van der Waals surface area (Å²) in [5, 5.41) is 14.1. The lowest BCUT2D eigenvalue weighted by molar-refractivity contribution is -0.139. The first-order valence-electron chi connectivity index (χ1n) is 6.48. The average Bonchev–Trinajstić information content (AvgIpc) is 2.52. The summed E-state index contributed by atoms with van der Waals surface area (Å²) in [6.07, 6.45) is 2.30. The van der Waals surface area contributed by atoms with Crippen LogP contribution in [-0.4, -0.2) is 29.9 Å². The van der Waals surface area contributed by atoms with Crippen LogP contribution in [-0.2, 0) is 16.0 Å². The molecule has 2 amide bonds. The van der Waals surface area contributed by atoms with Crippen molar-refractivity contribution in [1.82, 2.24) is 15.6 Å². The van der Waals surface area contributed by atoms with Gasteiger partial charge in [0, 0.05) is 18.1 Å². The molecule has 6 nitrogen and oxygen atoms in total. The SMILES string of the molecule is N#CCNC(=O)C(=O)NCCc1cccc2cccnc12. The van der Waals surface area contributed by atoms with Gasteiger partial charge in [-0.05, 0) is 18.1 Å². The fourth-order valence-electron chi connectivity index (χ4n) is 1.96. The number of nitriles is 1. The highest BCUT2D eigenvalue weighted by Crippen LogP contribution is 2.15. The number of pyridine rings is 1. The molecule has 1 aromatic heterocycles. The second kappa shape index (κ2) is 7.01. The maximum absolute atomic E-state index is 11.5. The Balaban J connectivity index is 1.92. The van der Waals surface area contributed by atoms with Gasteiger partial charge in [-0.25, -0.2) is 0 Å². The molecule has 1 aromatic carbocycles. The Morgan fingerprint density at radius 2 is 1.90 bits per heavy atom. The van der Waals surface area contributed by atoms with E-state index < -0.39 is 11.8 Å². The summed E-state index contributed by atoms with van der Waals surface area (Å²) < 4.78 is 0. The van der Waals surface area contributed by atoms with Crippen molar-refractivity contribution in [3.05, 3.63) is 42.1 Å². The Bertz CT molecular complexity index is 701. The number of nitrogens with one attached hydrogen (secondary N) is 2. The monoisotopic (exact) mass is 282 g/mol. The summed E-state index contributed by atoms with van der Waals surface area (Å²) in [6, 6.07) is 11.4. The van der Waals surface area contributed by atoms with E-state index in [1.165, 1.54) is 0 Å². The van der Waals surface area contributed by atoms with Crippen LogP contribution < -0.4 is 10.6 Å². The lowest BCUT2D eigenvalue weighted by Crippen LogP contribution is -2.40. The first kappa shape index (κ1) is 14.5. The van der Waals surface area contributed by atoms with E-state index in [2.05, 4.69) is 15.6 Å². The summed E-state index contributed by atoms with van der Waals surface area (Å²) >= 11 is 0. The Morgan fingerprint density at radius 3 is 2.71 bits per heavy atom. The number of carbonyl (C=O) groups excluding carboxylic acids is 2. The molecule has 0 spiro atoms. The van der Waals surface area contributed by atoms with Crippen molar-refractivity contribution >= 4 is 22.7 Å². The summed E-state index contributed by atoms with van der Waals surface area (Å²) in [4.78, 5) is 27.1. The van der Waals surface area contributed by atoms with Crippen LogP contribution in [0.25, 0.3) is 10.9 Å². The van der Waals surface area contributed by atoms with Crippen molar-refractivity contribution in [2.45, 2.75) is 6.42 Å². The molecule has 106 valence electrons. The van der Waals surface area contributed by atoms with E-state index in [0.717, 1.165) is 16.5 Å². The molecular formula is C15H14N4O2. The number of hydrogen-bond acceptors (Lipinski definition) is 4. The fraction of sp³-hybridized carbons (Fsp3) is 0.200. The lowest BCUT2D eigenvalue weighted by atomic mass is 10.1. The van der Waals surface area contributed by atoms with E-state index >= 15 is 0 Å². The van der Waals surface area contributed by atoms with Crippen molar-refractivity contribution in [2.75, 3.05) is 13.1 Å². The third-order valence-electron chi connectivity index (χ3n) is 2.93. The Hall–Kier alpha value is -2.94. The molecule has 0 aliphatic carbocycles. The topological polar surface area (TPSA) is 94.9 Å². The van der Waals surface area contributed by atoms with Crippen molar-refractivity contribution in [3.63, 3.8) is 0 Å². The van der Waals surface area contributed by atoms with Gasteiger partial charge in [-0.3, -0.25) is 14.6 Å². The minimum Gasteiger partial charge on any atom is -0.348 e. The van der Waals surface area contributed by atoms with Crippen LogP contribution >= 0.6 is 0 Å². The van der Waals surface area contributed by atoms with E-state index in [1.807, 2.05) is 30.3 Å². The van der Waals surface area contributed by atoms with Crippen molar-refractivity contribution < 1.29 is 9.59 Å². The molecule has 2 aromatic rings. The van der Waals surface area contributed by atoms with Gasteiger partial charge < -0.3 is 10.6 Å². The van der Waals surface area contributed by atoms with Crippen molar-refractivity contribution in [3.8, 4) is 6.07 Å². The highest BCUT2D eigenvalue weighted by Gasteiger charge is 2.11. The number of aromatic nitrogens is 1. The van der Waals surface area contributed by atoms with Crippen molar-refractivity contribution in [2.24, 2.45) is 0 Å². The van der Waals surface area contributed by atoms with Crippen LogP contribution in [0.15, 0.2) is 36.5 Å². The molecular weight excluding hydrogens is 268 g/mol. The van der Waals surface area contributed by atoms with Gasteiger partial charge in [0.05, 0.1) is 11.6 Å². The van der Waals surface area contributed by atoms with Crippen LogP contribution in [0, 0.1) is 11.3 Å². The van der Waals surface area contributed by atoms with Gasteiger partial charge in [0.15, 0.2) is 0 Å². The molecule has 0 fully saturated rings. The minimum absolute atomic E-state index is 0.181. The zero-order valence-electron chi connectivity index (χ0n) is 11.3. The predicted octanol–water partition coefficient (Wildman–Crippen LogP) is 0.533. The standard InChI is InChI=1S/C15H14N4O2/c16-7-10-19-15(21)14(20)18-9-6-12-4-1-3-11-5-2-8-17-13(11)12/h1-5,8H,6,9-10H2,(H,18,20)(H,19,21). The van der Waals surface area contributed by atoms with Gasteiger partial charge in [-0.2, -0.15) is 5.26 Å². The van der Waals surface area contributed by atoms with Gasteiger partial charge >= 0.3 is 11.8 Å². The van der Waals surface area contributed by atoms with E-state index in [1.54, 1.807) is 12.3 Å². The maximum Gasteiger partial charge on any atom is 0.310 e. The van der Waals surface area contributed by atoms with Crippen LogP contribution in [0.4, 0.5) is 0 Å². The summed E-state index contributed by atoms with van der Waals surface area (Å²) in [7, 11) is 0. The normalized spacial score (nSPS) is 9.86. The first-order valence-corrected chi connectivity index (χ1v) is 6.48.